The van der Waals surface area contributed by atoms with E-state index >= 15 is 0 Å². The standard InChI is InChI=1S/C14H23N5/c1-4-19(13-7-5-6-11(13)8-15)14-12(9-16)10(2)17-18(14)3/h11,13H,4-8,15H2,1-3H3. The zero-order chi connectivity index (χ0) is 14.0. The van der Waals surface area contributed by atoms with E-state index in [1.54, 1.807) is 0 Å². The maximum absolute atomic E-state index is 9.37. The van der Waals surface area contributed by atoms with E-state index in [-0.39, 0.29) is 0 Å². The molecular weight excluding hydrogens is 238 g/mol. The van der Waals surface area contributed by atoms with Crippen LogP contribution in [0.4, 0.5) is 5.82 Å². The molecule has 1 aliphatic rings. The second-order valence-electron chi connectivity index (χ2n) is 5.30. The van der Waals surface area contributed by atoms with Gasteiger partial charge in [0.15, 0.2) is 0 Å². The molecule has 1 saturated carbocycles. The lowest BCUT2D eigenvalue weighted by Crippen LogP contribution is -2.41. The molecular formula is C14H23N5. The Morgan fingerprint density at radius 2 is 2.26 bits per heavy atom. The minimum Gasteiger partial charge on any atom is -0.353 e. The summed E-state index contributed by atoms with van der Waals surface area (Å²) in [5.74, 6) is 1.48. The van der Waals surface area contributed by atoms with Gasteiger partial charge in [0.25, 0.3) is 0 Å². The first-order valence-electron chi connectivity index (χ1n) is 7.04. The normalized spacial score (nSPS) is 22.5. The summed E-state index contributed by atoms with van der Waals surface area (Å²) in [5, 5.41) is 13.8. The van der Waals surface area contributed by atoms with E-state index in [1.165, 1.54) is 12.8 Å². The lowest BCUT2D eigenvalue weighted by Gasteiger charge is -2.33. The van der Waals surface area contributed by atoms with Crippen molar-refractivity contribution in [2.75, 3.05) is 18.0 Å². The predicted octanol–water partition coefficient (Wildman–Crippen LogP) is 1.55. The Labute approximate surface area is 115 Å². The van der Waals surface area contributed by atoms with Crippen LogP contribution in [0.1, 0.15) is 37.4 Å². The van der Waals surface area contributed by atoms with Gasteiger partial charge in [-0.15, -0.1) is 0 Å². The molecule has 0 aliphatic heterocycles. The third-order valence-corrected chi connectivity index (χ3v) is 4.24. The van der Waals surface area contributed by atoms with E-state index in [1.807, 2.05) is 18.7 Å². The van der Waals surface area contributed by atoms with Gasteiger partial charge in [-0.1, -0.05) is 6.42 Å². The SMILES string of the molecule is CCN(c1c(C#N)c(C)nn1C)C1CCCC1CN. The molecule has 0 bridgehead atoms. The highest BCUT2D eigenvalue weighted by molar-refractivity contribution is 5.57. The number of aromatic nitrogens is 2. The first kappa shape index (κ1) is 13.9. The number of rotatable bonds is 4. The van der Waals surface area contributed by atoms with Gasteiger partial charge in [-0.25, -0.2) is 0 Å². The Bertz CT molecular complexity index is 485. The second-order valence-corrected chi connectivity index (χ2v) is 5.30. The van der Waals surface area contributed by atoms with Crippen LogP contribution in [0.5, 0.6) is 0 Å². The van der Waals surface area contributed by atoms with Gasteiger partial charge >= 0.3 is 0 Å². The van der Waals surface area contributed by atoms with Gasteiger partial charge in [0.1, 0.15) is 17.5 Å². The number of aryl methyl sites for hydroxylation is 2. The average Bonchev–Trinajstić information content (AvgIpc) is 2.96. The fraction of sp³-hybridized carbons (Fsp3) is 0.714. The summed E-state index contributed by atoms with van der Waals surface area (Å²) in [6.07, 6.45) is 3.57. The summed E-state index contributed by atoms with van der Waals surface area (Å²) in [6.45, 7) is 5.63. The molecule has 0 spiro atoms. The van der Waals surface area contributed by atoms with Crippen LogP contribution in [-0.2, 0) is 7.05 Å². The van der Waals surface area contributed by atoms with Gasteiger partial charge in [0, 0.05) is 19.6 Å². The van der Waals surface area contributed by atoms with E-state index in [0.717, 1.165) is 31.0 Å². The van der Waals surface area contributed by atoms with Crippen molar-refractivity contribution in [3.05, 3.63) is 11.3 Å². The number of nitriles is 1. The van der Waals surface area contributed by atoms with Crippen LogP contribution in [0.2, 0.25) is 0 Å². The number of nitrogens with zero attached hydrogens (tertiary/aromatic N) is 4. The molecule has 0 saturated heterocycles. The van der Waals surface area contributed by atoms with Crippen molar-refractivity contribution in [1.29, 1.82) is 5.26 Å². The quantitative estimate of drug-likeness (QED) is 0.892. The number of nitrogens with two attached hydrogens (primary N) is 1. The zero-order valence-corrected chi connectivity index (χ0v) is 12.1. The summed E-state index contributed by atoms with van der Waals surface area (Å²) in [7, 11) is 1.91. The molecule has 1 aliphatic carbocycles. The van der Waals surface area contributed by atoms with Gasteiger partial charge in [-0.05, 0) is 39.2 Å². The van der Waals surface area contributed by atoms with Gasteiger partial charge in [0.05, 0.1) is 5.69 Å². The molecule has 0 amide bonds. The first-order chi connectivity index (χ1) is 9.13. The minimum atomic E-state index is 0.442. The fourth-order valence-corrected chi connectivity index (χ4v) is 3.35. The van der Waals surface area contributed by atoms with Gasteiger partial charge < -0.3 is 10.6 Å². The molecule has 2 unspecified atom stereocenters. The molecule has 1 fully saturated rings. The van der Waals surface area contributed by atoms with Crippen molar-refractivity contribution in [2.45, 2.75) is 39.2 Å². The Morgan fingerprint density at radius 3 is 2.84 bits per heavy atom. The van der Waals surface area contributed by atoms with Crippen LogP contribution < -0.4 is 10.6 Å². The Hall–Kier alpha value is -1.54. The third kappa shape index (κ3) is 2.33. The van der Waals surface area contributed by atoms with Crippen molar-refractivity contribution in [2.24, 2.45) is 18.7 Å². The molecule has 0 radical (unpaired) electrons. The average molecular weight is 261 g/mol. The molecule has 5 nitrogen and oxygen atoms in total. The Balaban J connectivity index is 2.40. The van der Waals surface area contributed by atoms with Gasteiger partial charge in [-0.2, -0.15) is 10.4 Å². The highest BCUT2D eigenvalue weighted by Gasteiger charge is 2.33. The van der Waals surface area contributed by atoms with Crippen LogP contribution in [0.15, 0.2) is 0 Å². The van der Waals surface area contributed by atoms with Gasteiger partial charge in [-0.3, -0.25) is 4.68 Å². The number of hydrogen-bond acceptors (Lipinski definition) is 4. The van der Waals surface area contributed by atoms with E-state index in [2.05, 4.69) is 23.0 Å². The molecule has 19 heavy (non-hydrogen) atoms. The highest BCUT2D eigenvalue weighted by atomic mass is 15.4. The molecule has 104 valence electrons. The number of anilines is 1. The summed E-state index contributed by atoms with van der Waals surface area (Å²) >= 11 is 0. The molecule has 2 N–H and O–H groups in total. The maximum atomic E-state index is 9.37. The van der Waals surface area contributed by atoms with E-state index < -0.39 is 0 Å². The van der Waals surface area contributed by atoms with E-state index in [0.29, 0.717) is 17.5 Å². The van der Waals surface area contributed by atoms with Gasteiger partial charge in [0.2, 0.25) is 0 Å². The summed E-state index contributed by atoms with van der Waals surface area (Å²) < 4.78 is 1.84. The van der Waals surface area contributed by atoms with Crippen molar-refractivity contribution in [3.63, 3.8) is 0 Å². The smallest absolute Gasteiger partial charge is 0.145 e. The van der Waals surface area contributed by atoms with Crippen molar-refractivity contribution in [3.8, 4) is 6.07 Å². The molecule has 5 heteroatoms. The van der Waals surface area contributed by atoms with Crippen LogP contribution in [0, 0.1) is 24.2 Å². The third-order valence-electron chi connectivity index (χ3n) is 4.24. The lowest BCUT2D eigenvalue weighted by molar-refractivity contribution is 0.454. The highest BCUT2D eigenvalue weighted by Crippen LogP contribution is 2.34. The van der Waals surface area contributed by atoms with Crippen LogP contribution in [-0.4, -0.2) is 28.9 Å². The summed E-state index contributed by atoms with van der Waals surface area (Å²) in [4.78, 5) is 2.32. The summed E-state index contributed by atoms with van der Waals surface area (Å²) in [5.41, 5.74) is 7.40. The first-order valence-corrected chi connectivity index (χ1v) is 7.04. The zero-order valence-electron chi connectivity index (χ0n) is 12.1. The van der Waals surface area contributed by atoms with Crippen molar-refractivity contribution >= 4 is 5.82 Å². The molecule has 1 aromatic heterocycles. The monoisotopic (exact) mass is 261 g/mol. The van der Waals surface area contributed by atoms with Crippen LogP contribution >= 0.6 is 0 Å². The Morgan fingerprint density at radius 1 is 1.53 bits per heavy atom. The van der Waals surface area contributed by atoms with E-state index in [4.69, 9.17) is 5.73 Å². The predicted molar refractivity (Wildman–Crippen MR) is 75.9 cm³/mol. The van der Waals surface area contributed by atoms with Crippen LogP contribution in [0.3, 0.4) is 0 Å². The second kappa shape index (κ2) is 5.62. The Kier molecular flexibility index (Phi) is 4.11. The minimum absolute atomic E-state index is 0.442. The molecule has 2 atom stereocenters. The molecule has 0 aromatic carbocycles. The molecule has 2 rings (SSSR count). The molecule has 1 aromatic rings. The van der Waals surface area contributed by atoms with Crippen LogP contribution in [0.25, 0.3) is 0 Å². The number of hydrogen-bond donors (Lipinski definition) is 1. The fourth-order valence-electron chi connectivity index (χ4n) is 3.35. The lowest BCUT2D eigenvalue weighted by atomic mass is 10.0. The topological polar surface area (TPSA) is 70.9 Å². The largest absolute Gasteiger partial charge is 0.353 e. The van der Waals surface area contributed by atoms with E-state index in [9.17, 15) is 5.26 Å². The summed E-state index contributed by atoms with van der Waals surface area (Å²) in [6, 6.07) is 2.74. The maximum Gasteiger partial charge on any atom is 0.145 e. The van der Waals surface area contributed by atoms with Crippen molar-refractivity contribution in [1.82, 2.24) is 9.78 Å². The van der Waals surface area contributed by atoms with Crippen molar-refractivity contribution < 1.29 is 0 Å². The molecule has 1 heterocycles.